The predicted octanol–water partition coefficient (Wildman–Crippen LogP) is 2.46. The van der Waals surface area contributed by atoms with Gasteiger partial charge in [-0.25, -0.2) is 13.2 Å². The average Bonchev–Trinajstić information content (AvgIpc) is 3.23. The Morgan fingerprint density at radius 1 is 1.03 bits per heavy atom. The van der Waals surface area contributed by atoms with E-state index in [0.29, 0.717) is 25.0 Å². The lowest BCUT2D eigenvalue weighted by Gasteiger charge is -2.29. The number of carbonyl (C=O) groups excluding carboxylic acids is 2. The quantitative estimate of drug-likeness (QED) is 0.430. The van der Waals surface area contributed by atoms with E-state index in [0.717, 1.165) is 17.5 Å². The first-order valence-corrected chi connectivity index (χ1v) is 11.6. The van der Waals surface area contributed by atoms with E-state index in [-0.39, 0.29) is 49.7 Å². The van der Waals surface area contributed by atoms with E-state index >= 15 is 0 Å². The Morgan fingerprint density at radius 2 is 1.73 bits per heavy atom. The highest BCUT2D eigenvalue weighted by atomic mass is 35.5. The van der Waals surface area contributed by atoms with Crippen molar-refractivity contribution in [3.63, 3.8) is 0 Å². The van der Waals surface area contributed by atoms with Gasteiger partial charge in [-0.05, 0) is 37.0 Å². The number of rotatable bonds is 8. The van der Waals surface area contributed by atoms with Crippen molar-refractivity contribution in [1.29, 1.82) is 0 Å². The second-order valence-corrected chi connectivity index (χ2v) is 8.90. The van der Waals surface area contributed by atoms with E-state index in [4.69, 9.17) is 5.73 Å². The maximum absolute atomic E-state index is 14.4. The Morgan fingerprint density at radius 3 is 2.46 bits per heavy atom. The van der Waals surface area contributed by atoms with Gasteiger partial charge in [0, 0.05) is 31.6 Å². The fourth-order valence-electron chi connectivity index (χ4n) is 4.28. The number of hydrogen-bond donors (Lipinski definition) is 2. The van der Waals surface area contributed by atoms with Crippen molar-refractivity contribution in [2.45, 2.75) is 51.4 Å². The molecule has 0 spiro atoms. The van der Waals surface area contributed by atoms with Gasteiger partial charge in [-0.15, -0.1) is 22.6 Å². The molecule has 3 N–H and O–H groups in total. The number of aromatic nitrogens is 3. The van der Waals surface area contributed by atoms with E-state index in [1.165, 1.54) is 0 Å². The lowest BCUT2D eigenvalue weighted by Crippen LogP contribution is -2.49. The third-order valence-corrected chi connectivity index (χ3v) is 6.25. The standard InChI is InChI=1S/C25H27F3N6O2.ClH/c1-15-31-32-23-14-33(7-8-34(15)23)24(35)12-18(10-17-11-20(27)21(28)13-19(17)26)30-25(36)22(29)9-16-5-3-2-4-6-16;/h2-6,11,13,18,22H,7-10,12,14,29H2,1H3,(H,30,36);1H/t18-,22?;/m1./s1. The number of halogens is 4. The van der Waals surface area contributed by atoms with Crippen LogP contribution in [0.1, 0.15) is 29.2 Å². The van der Waals surface area contributed by atoms with Crippen LogP contribution in [0.2, 0.25) is 0 Å². The molecule has 1 unspecified atom stereocenters. The van der Waals surface area contributed by atoms with Gasteiger partial charge >= 0.3 is 0 Å². The summed E-state index contributed by atoms with van der Waals surface area (Å²) in [6, 6.07) is 8.55. The summed E-state index contributed by atoms with van der Waals surface area (Å²) in [6.45, 7) is 3.01. The Balaban J connectivity index is 0.00000380. The molecule has 37 heavy (non-hydrogen) atoms. The van der Waals surface area contributed by atoms with Gasteiger partial charge in [-0.2, -0.15) is 0 Å². The van der Waals surface area contributed by atoms with Crippen LogP contribution in [0.25, 0.3) is 0 Å². The minimum absolute atomic E-state index is 0. The Bertz CT molecular complexity index is 1260. The van der Waals surface area contributed by atoms with Crippen molar-refractivity contribution >= 4 is 24.2 Å². The fourth-order valence-corrected chi connectivity index (χ4v) is 4.28. The van der Waals surface area contributed by atoms with Crippen LogP contribution in [0.15, 0.2) is 42.5 Å². The Hall–Kier alpha value is -3.44. The molecule has 198 valence electrons. The maximum Gasteiger partial charge on any atom is 0.237 e. The fraction of sp³-hybridized carbons (Fsp3) is 0.360. The minimum atomic E-state index is -1.31. The highest BCUT2D eigenvalue weighted by molar-refractivity contribution is 5.85. The number of amides is 2. The number of benzene rings is 2. The molecular formula is C25H28ClF3N6O2. The van der Waals surface area contributed by atoms with Gasteiger partial charge in [-0.3, -0.25) is 9.59 Å². The van der Waals surface area contributed by atoms with E-state index < -0.39 is 35.4 Å². The molecule has 8 nitrogen and oxygen atoms in total. The molecule has 0 bridgehead atoms. The smallest absolute Gasteiger partial charge is 0.237 e. The van der Waals surface area contributed by atoms with Crippen molar-refractivity contribution in [1.82, 2.24) is 25.0 Å². The molecule has 1 aliphatic heterocycles. The number of hydrogen-bond acceptors (Lipinski definition) is 5. The van der Waals surface area contributed by atoms with Gasteiger partial charge in [0.05, 0.1) is 12.6 Å². The number of nitrogens with zero attached hydrogens (tertiary/aromatic N) is 4. The zero-order chi connectivity index (χ0) is 25.8. The molecule has 2 amide bonds. The lowest BCUT2D eigenvalue weighted by molar-refractivity contribution is -0.133. The van der Waals surface area contributed by atoms with Crippen molar-refractivity contribution in [3.8, 4) is 0 Å². The van der Waals surface area contributed by atoms with Crippen LogP contribution in [-0.2, 0) is 35.5 Å². The SMILES string of the molecule is Cc1nnc2n1CCN(C(=O)C[C@@H](Cc1cc(F)c(F)cc1F)NC(=O)C(N)Cc1ccccc1)C2.Cl. The highest BCUT2D eigenvalue weighted by Crippen LogP contribution is 2.19. The van der Waals surface area contributed by atoms with Crippen LogP contribution < -0.4 is 11.1 Å². The molecule has 1 aliphatic rings. The molecule has 4 rings (SSSR count). The van der Waals surface area contributed by atoms with E-state index in [1.54, 1.807) is 4.90 Å². The highest BCUT2D eigenvalue weighted by Gasteiger charge is 2.28. The molecule has 2 aromatic carbocycles. The van der Waals surface area contributed by atoms with Crippen LogP contribution >= 0.6 is 12.4 Å². The summed E-state index contributed by atoms with van der Waals surface area (Å²) in [6.07, 6.45) is -0.148. The molecule has 0 saturated carbocycles. The minimum Gasteiger partial charge on any atom is -0.351 e. The summed E-state index contributed by atoms with van der Waals surface area (Å²) >= 11 is 0. The third-order valence-electron chi connectivity index (χ3n) is 6.25. The second kappa shape index (κ2) is 12.2. The van der Waals surface area contributed by atoms with E-state index in [2.05, 4.69) is 15.5 Å². The Kier molecular flexibility index (Phi) is 9.28. The van der Waals surface area contributed by atoms with Crippen molar-refractivity contribution in [2.75, 3.05) is 6.54 Å². The molecule has 3 aromatic rings. The summed E-state index contributed by atoms with van der Waals surface area (Å²) in [5.74, 6) is -2.93. The third kappa shape index (κ3) is 6.86. The molecule has 0 aliphatic carbocycles. The number of carbonyl (C=O) groups is 2. The molecule has 1 aromatic heterocycles. The summed E-state index contributed by atoms with van der Waals surface area (Å²) in [4.78, 5) is 27.6. The maximum atomic E-state index is 14.4. The first-order chi connectivity index (χ1) is 17.2. The van der Waals surface area contributed by atoms with Gasteiger partial charge in [-0.1, -0.05) is 30.3 Å². The molecule has 0 saturated heterocycles. The predicted molar refractivity (Wildman–Crippen MR) is 132 cm³/mol. The molecule has 0 radical (unpaired) electrons. The molecule has 2 heterocycles. The summed E-state index contributed by atoms with van der Waals surface area (Å²) in [5, 5.41) is 10.8. The van der Waals surface area contributed by atoms with Crippen LogP contribution in [0, 0.1) is 24.4 Å². The number of aryl methyl sites for hydroxylation is 1. The van der Waals surface area contributed by atoms with Crippen LogP contribution in [-0.4, -0.2) is 50.1 Å². The van der Waals surface area contributed by atoms with Crippen LogP contribution in [0.5, 0.6) is 0 Å². The topological polar surface area (TPSA) is 106 Å². The molecule has 12 heteroatoms. The van der Waals surface area contributed by atoms with E-state index in [1.807, 2.05) is 41.8 Å². The first kappa shape index (κ1) is 28.1. The lowest BCUT2D eigenvalue weighted by atomic mass is 10.00. The summed E-state index contributed by atoms with van der Waals surface area (Å²) in [7, 11) is 0. The summed E-state index contributed by atoms with van der Waals surface area (Å²) < 4.78 is 43.5. The van der Waals surface area contributed by atoms with Gasteiger partial charge in [0.25, 0.3) is 0 Å². The van der Waals surface area contributed by atoms with Gasteiger partial charge in [0.15, 0.2) is 17.5 Å². The molecule has 0 fully saturated rings. The van der Waals surface area contributed by atoms with Crippen molar-refractivity contribution in [2.24, 2.45) is 5.73 Å². The largest absolute Gasteiger partial charge is 0.351 e. The van der Waals surface area contributed by atoms with Gasteiger partial charge < -0.3 is 20.5 Å². The number of nitrogens with one attached hydrogen (secondary N) is 1. The van der Waals surface area contributed by atoms with Crippen molar-refractivity contribution in [3.05, 3.63) is 82.7 Å². The van der Waals surface area contributed by atoms with Crippen molar-refractivity contribution < 1.29 is 22.8 Å². The monoisotopic (exact) mass is 536 g/mol. The molecular weight excluding hydrogens is 509 g/mol. The molecule has 2 atom stereocenters. The number of fused-ring (bicyclic) bond motifs is 1. The zero-order valence-electron chi connectivity index (χ0n) is 20.2. The average molecular weight is 537 g/mol. The van der Waals surface area contributed by atoms with E-state index in [9.17, 15) is 22.8 Å². The normalized spacial score (nSPS) is 14.4. The van der Waals surface area contributed by atoms with Crippen LogP contribution in [0.3, 0.4) is 0 Å². The Labute approximate surface area is 218 Å². The second-order valence-electron chi connectivity index (χ2n) is 8.90. The van der Waals surface area contributed by atoms with Gasteiger partial charge in [0.2, 0.25) is 11.8 Å². The zero-order valence-corrected chi connectivity index (χ0v) is 21.0. The number of nitrogens with two attached hydrogens (primary N) is 1. The van der Waals surface area contributed by atoms with Gasteiger partial charge in [0.1, 0.15) is 11.6 Å². The first-order valence-electron chi connectivity index (χ1n) is 11.6. The van der Waals surface area contributed by atoms with Crippen LogP contribution in [0.4, 0.5) is 13.2 Å². The summed E-state index contributed by atoms with van der Waals surface area (Å²) in [5.41, 5.74) is 6.78.